The second kappa shape index (κ2) is 6.99. The molecule has 1 fully saturated rings. The third-order valence-corrected chi connectivity index (χ3v) is 6.03. The molecular formula is C17H26N4OS. The van der Waals surface area contributed by atoms with E-state index in [0.29, 0.717) is 16.9 Å². The number of aromatic nitrogens is 3. The van der Waals surface area contributed by atoms with Crippen LogP contribution in [0.1, 0.15) is 58.6 Å². The normalized spacial score (nSPS) is 18.9. The highest BCUT2D eigenvalue weighted by Crippen LogP contribution is 2.32. The van der Waals surface area contributed by atoms with Crippen molar-refractivity contribution in [3.05, 3.63) is 22.1 Å². The van der Waals surface area contributed by atoms with Gasteiger partial charge >= 0.3 is 0 Å². The highest BCUT2D eigenvalue weighted by Gasteiger charge is 2.25. The van der Waals surface area contributed by atoms with Gasteiger partial charge in [-0.25, -0.2) is 4.98 Å². The van der Waals surface area contributed by atoms with Crippen molar-refractivity contribution in [2.75, 3.05) is 5.32 Å². The summed E-state index contributed by atoms with van der Waals surface area (Å²) in [5.41, 5.74) is 0.734. The minimum Gasteiger partial charge on any atom is -0.357 e. The molecule has 0 saturated heterocycles. The molecule has 5 nitrogen and oxygen atoms in total. The Hall–Kier alpha value is -1.43. The van der Waals surface area contributed by atoms with Crippen molar-refractivity contribution in [3.8, 4) is 0 Å². The summed E-state index contributed by atoms with van der Waals surface area (Å²) in [7, 11) is 0. The standard InChI is InChI=1S/C17H26N4OS/c1-4-14-10-15(22)21-17(19-14)23-16(20-21)18-12(3)11(2)13-8-6-5-7-9-13/h10-13H,4-9H2,1-3H3,(H,18,20). The molecule has 2 aromatic rings. The van der Waals surface area contributed by atoms with E-state index >= 15 is 0 Å². The fraction of sp³-hybridized carbons (Fsp3) is 0.706. The van der Waals surface area contributed by atoms with Crippen LogP contribution in [-0.2, 0) is 6.42 Å². The lowest BCUT2D eigenvalue weighted by atomic mass is 9.78. The lowest BCUT2D eigenvalue weighted by Gasteiger charge is -2.32. The molecule has 2 heterocycles. The zero-order valence-corrected chi connectivity index (χ0v) is 15.0. The van der Waals surface area contributed by atoms with Crippen LogP contribution in [0.3, 0.4) is 0 Å². The van der Waals surface area contributed by atoms with Crippen LogP contribution in [-0.4, -0.2) is 20.6 Å². The van der Waals surface area contributed by atoms with Gasteiger partial charge < -0.3 is 5.32 Å². The van der Waals surface area contributed by atoms with Crippen molar-refractivity contribution in [2.45, 2.75) is 65.3 Å². The Morgan fingerprint density at radius 3 is 2.78 bits per heavy atom. The molecule has 0 spiro atoms. The predicted molar refractivity (Wildman–Crippen MR) is 95.3 cm³/mol. The SMILES string of the molecule is CCc1cc(=O)n2nc(NC(C)C(C)C3CCCCC3)sc2n1. The molecule has 2 aromatic heterocycles. The fourth-order valence-electron chi connectivity index (χ4n) is 3.49. The first-order valence-corrected chi connectivity index (χ1v) is 9.56. The van der Waals surface area contributed by atoms with Gasteiger partial charge in [0.1, 0.15) is 0 Å². The Kier molecular flexibility index (Phi) is 4.99. The van der Waals surface area contributed by atoms with E-state index in [2.05, 4.69) is 29.2 Å². The molecule has 1 saturated carbocycles. The quantitative estimate of drug-likeness (QED) is 0.905. The summed E-state index contributed by atoms with van der Waals surface area (Å²) >= 11 is 1.46. The zero-order valence-electron chi connectivity index (χ0n) is 14.2. The largest absolute Gasteiger partial charge is 0.357 e. The number of nitrogens with one attached hydrogen (secondary N) is 1. The highest BCUT2D eigenvalue weighted by atomic mass is 32.1. The number of hydrogen-bond acceptors (Lipinski definition) is 5. The van der Waals surface area contributed by atoms with Gasteiger partial charge in [-0.05, 0) is 25.2 Å². The van der Waals surface area contributed by atoms with Gasteiger partial charge in [0.2, 0.25) is 10.1 Å². The van der Waals surface area contributed by atoms with E-state index < -0.39 is 0 Å². The molecule has 1 aliphatic rings. The summed E-state index contributed by atoms with van der Waals surface area (Å²) in [5.74, 6) is 1.41. The Morgan fingerprint density at radius 2 is 2.09 bits per heavy atom. The smallest absolute Gasteiger partial charge is 0.275 e. The number of anilines is 1. The molecule has 0 radical (unpaired) electrons. The first-order valence-electron chi connectivity index (χ1n) is 8.74. The van der Waals surface area contributed by atoms with E-state index in [9.17, 15) is 4.79 Å². The average molecular weight is 334 g/mol. The number of hydrogen-bond donors (Lipinski definition) is 1. The second-order valence-electron chi connectivity index (χ2n) is 6.73. The molecule has 0 aromatic carbocycles. The van der Waals surface area contributed by atoms with E-state index in [4.69, 9.17) is 0 Å². The van der Waals surface area contributed by atoms with Gasteiger partial charge in [-0.3, -0.25) is 4.79 Å². The number of fused-ring (bicyclic) bond motifs is 1. The number of aryl methyl sites for hydroxylation is 1. The minimum atomic E-state index is -0.0934. The van der Waals surface area contributed by atoms with Gasteiger partial charge in [0.05, 0.1) is 0 Å². The Bertz CT molecular complexity index is 717. The Labute approximate surface area is 141 Å². The molecule has 3 rings (SSSR count). The maximum Gasteiger partial charge on any atom is 0.275 e. The van der Waals surface area contributed by atoms with Crippen LogP contribution in [0.5, 0.6) is 0 Å². The Morgan fingerprint density at radius 1 is 1.35 bits per heavy atom. The van der Waals surface area contributed by atoms with Gasteiger partial charge in [-0.2, -0.15) is 4.52 Å². The van der Waals surface area contributed by atoms with Gasteiger partial charge in [-0.1, -0.05) is 57.3 Å². The van der Waals surface area contributed by atoms with Gasteiger partial charge in [0, 0.05) is 17.8 Å². The van der Waals surface area contributed by atoms with Crippen LogP contribution in [0.15, 0.2) is 10.9 Å². The summed E-state index contributed by atoms with van der Waals surface area (Å²) in [6.07, 6.45) is 7.56. The summed E-state index contributed by atoms with van der Waals surface area (Å²) in [4.78, 5) is 17.2. The molecule has 0 aliphatic heterocycles. The van der Waals surface area contributed by atoms with E-state index in [0.717, 1.165) is 23.2 Å². The lowest BCUT2D eigenvalue weighted by Crippen LogP contribution is -2.31. The highest BCUT2D eigenvalue weighted by molar-refractivity contribution is 7.20. The van der Waals surface area contributed by atoms with Crippen molar-refractivity contribution in [1.29, 1.82) is 0 Å². The minimum absolute atomic E-state index is 0.0934. The molecule has 1 aliphatic carbocycles. The van der Waals surface area contributed by atoms with Crippen molar-refractivity contribution in [3.63, 3.8) is 0 Å². The van der Waals surface area contributed by atoms with Crippen molar-refractivity contribution in [2.24, 2.45) is 11.8 Å². The molecular weight excluding hydrogens is 308 g/mol. The van der Waals surface area contributed by atoms with Gasteiger partial charge in [0.25, 0.3) is 5.56 Å². The molecule has 0 amide bonds. The Balaban J connectivity index is 1.75. The molecule has 6 heteroatoms. The topological polar surface area (TPSA) is 59.3 Å². The summed E-state index contributed by atoms with van der Waals surface area (Å²) in [5, 5.41) is 8.69. The zero-order chi connectivity index (χ0) is 16.4. The van der Waals surface area contributed by atoms with Crippen LogP contribution in [0, 0.1) is 11.8 Å². The third kappa shape index (κ3) is 3.57. The summed E-state index contributed by atoms with van der Waals surface area (Å²) in [6, 6.07) is 1.92. The predicted octanol–water partition coefficient (Wildman–Crippen LogP) is 3.73. The average Bonchev–Trinajstić information content (AvgIpc) is 2.97. The van der Waals surface area contributed by atoms with Crippen LogP contribution >= 0.6 is 11.3 Å². The molecule has 2 atom stereocenters. The summed E-state index contributed by atoms with van der Waals surface area (Å²) in [6.45, 7) is 6.56. The third-order valence-electron chi connectivity index (χ3n) is 5.19. The number of rotatable bonds is 5. The molecule has 1 N–H and O–H groups in total. The van der Waals surface area contributed by atoms with Gasteiger partial charge in [0.15, 0.2) is 0 Å². The molecule has 23 heavy (non-hydrogen) atoms. The maximum absolute atomic E-state index is 12.1. The number of nitrogens with zero attached hydrogens (tertiary/aromatic N) is 3. The molecule has 0 bridgehead atoms. The van der Waals surface area contributed by atoms with Crippen molar-refractivity contribution in [1.82, 2.24) is 14.6 Å². The lowest BCUT2D eigenvalue weighted by molar-refractivity contribution is 0.246. The molecule has 126 valence electrons. The van der Waals surface area contributed by atoms with Crippen molar-refractivity contribution < 1.29 is 0 Å². The monoisotopic (exact) mass is 334 g/mol. The van der Waals surface area contributed by atoms with Crippen LogP contribution in [0.25, 0.3) is 4.96 Å². The molecule has 2 unspecified atom stereocenters. The van der Waals surface area contributed by atoms with Crippen LogP contribution in [0.2, 0.25) is 0 Å². The first-order chi connectivity index (χ1) is 11.1. The van der Waals surface area contributed by atoms with Gasteiger partial charge in [-0.15, -0.1) is 5.10 Å². The second-order valence-corrected chi connectivity index (χ2v) is 7.69. The maximum atomic E-state index is 12.1. The fourth-order valence-corrected chi connectivity index (χ4v) is 4.41. The van der Waals surface area contributed by atoms with Crippen LogP contribution < -0.4 is 10.9 Å². The van der Waals surface area contributed by atoms with E-state index in [1.807, 2.05) is 6.92 Å². The van der Waals surface area contributed by atoms with E-state index in [1.54, 1.807) is 6.07 Å². The van der Waals surface area contributed by atoms with Crippen molar-refractivity contribution >= 4 is 21.4 Å². The van der Waals surface area contributed by atoms with E-state index in [-0.39, 0.29) is 5.56 Å². The summed E-state index contributed by atoms with van der Waals surface area (Å²) < 4.78 is 1.41. The van der Waals surface area contributed by atoms with Crippen LogP contribution in [0.4, 0.5) is 5.13 Å². The van der Waals surface area contributed by atoms with E-state index in [1.165, 1.54) is 48.0 Å². The first kappa shape index (κ1) is 16.4.